The molecule has 8 heavy (non-hydrogen) atoms. The lowest BCUT2D eigenvalue weighted by atomic mass is 10.2. The maximum Gasteiger partial charge on any atom is 0.150 e. The molecule has 1 nitrogen and oxygen atoms in total. The zero-order valence-corrected chi connectivity index (χ0v) is 5.61. The minimum atomic E-state index is 0.203. The Morgan fingerprint density at radius 3 is 2.50 bits per heavy atom. The van der Waals surface area contributed by atoms with Crippen molar-refractivity contribution in [2.75, 3.05) is 5.88 Å². The van der Waals surface area contributed by atoms with Gasteiger partial charge in [0.1, 0.15) is 0 Å². The van der Waals surface area contributed by atoms with Gasteiger partial charge in [-0.3, -0.25) is 4.79 Å². The summed E-state index contributed by atoms with van der Waals surface area (Å²) in [5, 5.41) is 0. The third-order valence-electron chi connectivity index (χ3n) is 1.65. The van der Waals surface area contributed by atoms with Crippen LogP contribution in [0.1, 0.15) is 13.3 Å². The summed E-state index contributed by atoms with van der Waals surface area (Å²) in [7, 11) is 0. The fraction of sp³-hybridized carbons (Fsp3) is 0.833. The Morgan fingerprint density at radius 2 is 2.38 bits per heavy atom. The highest BCUT2D eigenvalue weighted by Gasteiger charge is 2.37. The SMILES string of the molecule is C[C@H]1C[C@@H]1C(=O)CCl. The monoisotopic (exact) mass is 132 g/mol. The second-order valence-corrected chi connectivity index (χ2v) is 2.69. The zero-order valence-electron chi connectivity index (χ0n) is 4.86. The number of carbonyl (C=O) groups is 1. The molecule has 0 aromatic rings. The van der Waals surface area contributed by atoms with Crippen molar-refractivity contribution >= 4 is 17.4 Å². The summed E-state index contributed by atoms with van der Waals surface area (Å²) in [6.45, 7) is 2.08. The van der Waals surface area contributed by atoms with Crippen molar-refractivity contribution in [2.24, 2.45) is 11.8 Å². The first-order valence-electron chi connectivity index (χ1n) is 2.84. The average Bonchev–Trinajstić information content (AvgIpc) is 2.45. The van der Waals surface area contributed by atoms with Crippen LogP contribution in [0.3, 0.4) is 0 Å². The normalized spacial score (nSPS) is 34.8. The Morgan fingerprint density at radius 1 is 1.88 bits per heavy atom. The lowest BCUT2D eigenvalue weighted by Gasteiger charge is -1.86. The molecule has 0 spiro atoms. The molecule has 0 aliphatic heterocycles. The van der Waals surface area contributed by atoms with Gasteiger partial charge in [0.25, 0.3) is 0 Å². The summed E-state index contributed by atoms with van der Waals surface area (Å²) >= 11 is 5.30. The van der Waals surface area contributed by atoms with Gasteiger partial charge >= 0.3 is 0 Å². The molecule has 0 radical (unpaired) electrons. The molecule has 46 valence electrons. The van der Waals surface area contributed by atoms with Gasteiger partial charge in [-0.2, -0.15) is 0 Å². The molecular formula is C6H9ClO. The van der Waals surface area contributed by atoms with Gasteiger partial charge in [-0.05, 0) is 12.3 Å². The van der Waals surface area contributed by atoms with Crippen LogP contribution in [0.4, 0.5) is 0 Å². The molecule has 0 saturated heterocycles. The van der Waals surface area contributed by atoms with Crippen molar-refractivity contribution in [2.45, 2.75) is 13.3 Å². The van der Waals surface area contributed by atoms with Crippen LogP contribution < -0.4 is 0 Å². The Balaban J connectivity index is 2.28. The van der Waals surface area contributed by atoms with Gasteiger partial charge in [0.2, 0.25) is 0 Å². The van der Waals surface area contributed by atoms with Crippen molar-refractivity contribution in [1.29, 1.82) is 0 Å². The number of ketones is 1. The van der Waals surface area contributed by atoms with Crippen molar-refractivity contribution in [3.8, 4) is 0 Å². The van der Waals surface area contributed by atoms with Crippen LogP contribution in [0, 0.1) is 11.8 Å². The van der Waals surface area contributed by atoms with Crippen LogP contribution in [0.2, 0.25) is 0 Å². The summed E-state index contributed by atoms with van der Waals surface area (Å²) in [4.78, 5) is 10.7. The number of halogens is 1. The molecule has 0 bridgehead atoms. The minimum absolute atomic E-state index is 0.203. The predicted octanol–water partition coefficient (Wildman–Crippen LogP) is 1.45. The maximum atomic E-state index is 10.7. The van der Waals surface area contributed by atoms with Crippen molar-refractivity contribution in [3.63, 3.8) is 0 Å². The van der Waals surface area contributed by atoms with E-state index in [1.807, 2.05) is 0 Å². The third-order valence-corrected chi connectivity index (χ3v) is 1.92. The van der Waals surface area contributed by atoms with Gasteiger partial charge < -0.3 is 0 Å². The van der Waals surface area contributed by atoms with Crippen LogP contribution in [0.5, 0.6) is 0 Å². The van der Waals surface area contributed by atoms with E-state index in [9.17, 15) is 4.79 Å². The van der Waals surface area contributed by atoms with E-state index in [-0.39, 0.29) is 11.7 Å². The molecule has 0 amide bonds. The molecule has 1 aliphatic carbocycles. The van der Waals surface area contributed by atoms with Gasteiger partial charge in [-0.1, -0.05) is 6.92 Å². The van der Waals surface area contributed by atoms with E-state index < -0.39 is 0 Å². The molecule has 2 atom stereocenters. The fourth-order valence-corrected chi connectivity index (χ4v) is 1.07. The smallest absolute Gasteiger partial charge is 0.150 e. The number of hydrogen-bond donors (Lipinski definition) is 0. The first-order valence-corrected chi connectivity index (χ1v) is 3.38. The molecule has 1 saturated carbocycles. The quantitative estimate of drug-likeness (QED) is 0.520. The van der Waals surface area contributed by atoms with Gasteiger partial charge in [-0.25, -0.2) is 0 Å². The van der Waals surface area contributed by atoms with Crippen LogP contribution >= 0.6 is 11.6 Å². The summed E-state index contributed by atoms with van der Waals surface area (Å²) in [6.07, 6.45) is 1.06. The Bertz CT molecular complexity index is 111. The first kappa shape index (κ1) is 6.09. The molecule has 0 N–H and O–H groups in total. The van der Waals surface area contributed by atoms with E-state index in [4.69, 9.17) is 11.6 Å². The molecule has 1 aliphatic rings. The standard InChI is InChI=1S/C6H9ClO/c1-4-2-5(4)6(8)3-7/h4-5H,2-3H2,1H3/t4-,5-/m0/s1. The molecule has 1 rings (SSSR count). The topological polar surface area (TPSA) is 17.1 Å². The van der Waals surface area contributed by atoms with E-state index in [0.717, 1.165) is 6.42 Å². The summed E-state index contributed by atoms with van der Waals surface area (Å²) in [6, 6.07) is 0. The van der Waals surface area contributed by atoms with E-state index in [1.54, 1.807) is 0 Å². The zero-order chi connectivity index (χ0) is 6.15. The van der Waals surface area contributed by atoms with Crippen molar-refractivity contribution in [3.05, 3.63) is 0 Å². The van der Waals surface area contributed by atoms with E-state index >= 15 is 0 Å². The first-order chi connectivity index (χ1) is 3.75. The number of Topliss-reactive ketones (excluding diaryl/α,β-unsaturated/α-hetero) is 1. The fourth-order valence-electron chi connectivity index (χ4n) is 0.870. The molecule has 0 heterocycles. The average molecular weight is 133 g/mol. The van der Waals surface area contributed by atoms with E-state index in [2.05, 4.69) is 6.92 Å². The second kappa shape index (κ2) is 2.06. The van der Waals surface area contributed by atoms with Gasteiger partial charge in [0, 0.05) is 5.92 Å². The van der Waals surface area contributed by atoms with Crippen molar-refractivity contribution < 1.29 is 4.79 Å². The van der Waals surface area contributed by atoms with Crippen molar-refractivity contribution in [1.82, 2.24) is 0 Å². The van der Waals surface area contributed by atoms with E-state index in [1.165, 1.54) is 0 Å². The van der Waals surface area contributed by atoms with Crippen LogP contribution in [-0.4, -0.2) is 11.7 Å². The lowest BCUT2D eigenvalue weighted by molar-refractivity contribution is -0.118. The Labute approximate surface area is 54.0 Å². The molecule has 0 unspecified atom stereocenters. The highest BCUT2D eigenvalue weighted by molar-refractivity contribution is 6.28. The second-order valence-electron chi connectivity index (χ2n) is 2.42. The summed E-state index contributed by atoms with van der Waals surface area (Å²) < 4.78 is 0. The Hall–Kier alpha value is -0.0400. The molecule has 0 aromatic carbocycles. The summed E-state index contributed by atoms with van der Waals surface area (Å²) in [5.74, 6) is 1.35. The highest BCUT2D eigenvalue weighted by Crippen LogP contribution is 2.38. The van der Waals surface area contributed by atoms with Crippen LogP contribution in [-0.2, 0) is 4.79 Å². The Kier molecular flexibility index (Phi) is 1.57. The number of carbonyl (C=O) groups excluding carboxylic acids is 1. The molecule has 2 heteroatoms. The minimum Gasteiger partial charge on any atom is -0.298 e. The van der Waals surface area contributed by atoms with Gasteiger partial charge in [-0.15, -0.1) is 11.6 Å². The highest BCUT2D eigenvalue weighted by atomic mass is 35.5. The summed E-state index contributed by atoms with van der Waals surface area (Å²) in [5.41, 5.74) is 0. The van der Waals surface area contributed by atoms with E-state index in [0.29, 0.717) is 11.8 Å². The largest absolute Gasteiger partial charge is 0.298 e. The van der Waals surface area contributed by atoms with Gasteiger partial charge in [0.15, 0.2) is 5.78 Å². The van der Waals surface area contributed by atoms with Crippen LogP contribution in [0.15, 0.2) is 0 Å². The molecule has 1 fully saturated rings. The maximum absolute atomic E-state index is 10.7. The molecule has 0 aromatic heterocycles. The predicted molar refractivity (Wildman–Crippen MR) is 33.0 cm³/mol. The number of hydrogen-bond acceptors (Lipinski definition) is 1. The number of rotatable bonds is 2. The van der Waals surface area contributed by atoms with Crippen LogP contribution in [0.25, 0.3) is 0 Å². The van der Waals surface area contributed by atoms with Gasteiger partial charge in [0.05, 0.1) is 5.88 Å². The molecular weight excluding hydrogens is 124 g/mol. The lowest BCUT2D eigenvalue weighted by Crippen LogP contribution is -2.01. The third kappa shape index (κ3) is 1.03. The number of alkyl halides is 1.